The minimum atomic E-state index is -0.161. The molecule has 148 valence electrons. The number of ether oxygens (including phenoxy) is 1. The van der Waals surface area contributed by atoms with Gasteiger partial charge in [-0.05, 0) is 55.6 Å². The fourth-order valence-corrected chi connectivity index (χ4v) is 2.73. The van der Waals surface area contributed by atoms with E-state index in [0.29, 0.717) is 6.54 Å². The van der Waals surface area contributed by atoms with E-state index in [1.807, 2.05) is 50.5 Å². The summed E-state index contributed by atoms with van der Waals surface area (Å²) in [7, 11) is 5.60. The van der Waals surface area contributed by atoms with Crippen LogP contribution in [0.5, 0.6) is 5.75 Å². The van der Waals surface area contributed by atoms with Gasteiger partial charge in [0.15, 0.2) is 0 Å². The van der Waals surface area contributed by atoms with Crippen molar-refractivity contribution in [3.63, 3.8) is 0 Å². The molecule has 0 bridgehead atoms. The average molecular weight is 381 g/mol. The standard InChI is InChI=1S/C22H27N3O3/c1-16(26)24-19-10-5-17(6-11-19)7-14-22(27)23-15-21(25(2)3)18-8-12-20(28-4)13-9-18/h5-14,21H,15H2,1-4H3,(H,23,27)(H,24,26)/b14-7+. The van der Waals surface area contributed by atoms with Crippen molar-refractivity contribution in [2.75, 3.05) is 33.1 Å². The van der Waals surface area contributed by atoms with Crippen LogP contribution in [0, 0.1) is 0 Å². The normalized spacial score (nSPS) is 12.0. The third-order valence-corrected chi connectivity index (χ3v) is 4.25. The molecule has 2 amide bonds. The number of benzene rings is 2. The van der Waals surface area contributed by atoms with Crippen LogP contribution in [0.1, 0.15) is 24.1 Å². The van der Waals surface area contributed by atoms with Crippen molar-refractivity contribution in [1.82, 2.24) is 10.2 Å². The molecule has 2 aromatic carbocycles. The van der Waals surface area contributed by atoms with Crippen molar-refractivity contribution >= 4 is 23.6 Å². The van der Waals surface area contributed by atoms with E-state index < -0.39 is 0 Å². The third-order valence-electron chi connectivity index (χ3n) is 4.25. The summed E-state index contributed by atoms with van der Waals surface area (Å²) < 4.78 is 5.19. The topological polar surface area (TPSA) is 70.7 Å². The number of hydrogen-bond acceptors (Lipinski definition) is 4. The molecule has 0 aromatic heterocycles. The molecular weight excluding hydrogens is 354 g/mol. The predicted octanol–water partition coefficient (Wildman–Crippen LogP) is 3.09. The molecule has 0 fully saturated rings. The summed E-state index contributed by atoms with van der Waals surface area (Å²) in [6, 6.07) is 15.2. The van der Waals surface area contributed by atoms with Gasteiger partial charge in [0.1, 0.15) is 5.75 Å². The van der Waals surface area contributed by atoms with Crippen LogP contribution in [-0.4, -0.2) is 44.5 Å². The Morgan fingerprint density at radius 2 is 1.71 bits per heavy atom. The van der Waals surface area contributed by atoms with Crippen molar-refractivity contribution in [3.05, 3.63) is 65.7 Å². The first-order valence-electron chi connectivity index (χ1n) is 9.03. The summed E-state index contributed by atoms with van der Waals surface area (Å²) in [5.41, 5.74) is 2.70. The first-order chi connectivity index (χ1) is 13.4. The van der Waals surface area contributed by atoms with Gasteiger partial charge in [-0.2, -0.15) is 0 Å². The smallest absolute Gasteiger partial charge is 0.244 e. The molecule has 6 heteroatoms. The van der Waals surface area contributed by atoms with E-state index in [1.54, 1.807) is 25.3 Å². The Balaban J connectivity index is 1.93. The molecule has 1 atom stereocenters. The van der Waals surface area contributed by atoms with Crippen LogP contribution >= 0.6 is 0 Å². The lowest BCUT2D eigenvalue weighted by atomic mass is 10.1. The highest BCUT2D eigenvalue weighted by Crippen LogP contribution is 2.20. The molecule has 0 radical (unpaired) electrons. The quantitative estimate of drug-likeness (QED) is 0.690. The van der Waals surface area contributed by atoms with E-state index >= 15 is 0 Å². The lowest BCUT2D eigenvalue weighted by molar-refractivity contribution is -0.116. The van der Waals surface area contributed by atoms with Crippen LogP contribution in [0.15, 0.2) is 54.6 Å². The average Bonchev–Trinajstić information content (AvgIpc) is 2.67. The van der Waals surface area contributed by atoms with Gasteiger partial charge in [0.05, 0.1) is 13.2 Å². The minimum Gasteiger partial charge on any atom is -0.497 e. The Kier molecular flexibility index (Phi) is 7.77. The van der Waals surface area contributed by atoms with Crippen LogP contribution in [0.2, 0.25) is 0 Å². The van der Waals surface area contributed by atoms with Gasteiger partial charge in [-0.25, -0.2) is 0 Å². The highest BCUT2D eigenvalue weighted by molar-refractivity contribution is 5.92. The molecule has 0 heterocycles. The van der Waals surface area contributed by atoms with Crippen molar-refractivity contribution < 1.29 is 14.3 Å². The highest BCUT2D eigenvalue weighted by Gasteiger charge is 2.14. The summed E-state index contributed by atoms with van der Waals surface area (Å²) in [5.74, 6) is 0.527. The number of carbonyl (C=O) groups excluding carboxylic acids is 2. The number of nitrogens with one attached hydrogen (secondary N) is 2. The highest BCUT2D eigenvalue weighted by atomic mass is 16.5. The zero-order chi connectivity index (χ0) is 20.5. The predicted molar refractivity (Wildman–Crippen MR) is 112 cm³/mol. The van der Waals surface area contributed by atoms with E-state index in [2.05, 4.69) is 15.5 Å². The van der Waals surface area contributed by atoms with Crippen LogP contribution in [-0.2, 0) is 9.59 Å². The monoisotopic (exact) mass is 381 g/mol. The fraction of sp³-hybridized carbons (Fsp3) is 0.273. The number of hydrogen-bond donors (Lipinski definition) is 2. The molecule has 1 unspecified atom stereocenters. The molecule has 28 heavy (non-hydrogen) atoms. The second-order valence-electron chi connectivity index (χ2n) is 6.63. The number of rotatable bonds is 8. The van der Waals surface area contributed by atoms with Crippen LogP contribution in [0.25, 0.3) is 6.08 Å². The molecule has 2 aromatic rings. The lowest BCUT2D eigenvalue weighted by Crippen LogP contribution is -2.33. The van der Waals surface area contributed by atoms with Gasteiger partial charge in [0, 0.05) is 25.2 Å². The summed E-state index contributed by atoms with van der Waals surface area (Å²) in [6.45, 7) is 1.95. The molecule has 0 saturated heterocycles. The van der Waals surface area contributed by atoms with Crippen molar-refractivity contribution in [2.45, 2.75) is 13.0 Å². The Morgan fingerprint density at radius 3 is 2.25 bits per heavy atom. The van der Waals surface area contributed by atoms with Gasteiger partial charge < -0.3 is 20.3 Å². The maximum Gasteiger partial charge on any atom is 0.244 e. The Morgan fingerprint density at radius 1 is 1.07 bits per heavy atom. The molecule has 2 rings (SSSR count). The zero-order valence-corrected chi connectivity index (χ0v) is 16.7. The Bertz CT molecular complexity index is 812. The number of anilines is 1. The summed E-state index contributed by atoms with van der Waals surface area (Å²) >= 11 is 0. The maximum atomic E-state index is 12.2. The largest absolute Gasteiger partial charge is 0.497 e. The minimum absolute atomic E-state index is 0.0557. The van der Waals surface area contributed by atoms with Crippen molar-refractivity contribution in [3.8, 4) is 5.75 Å². The first kappa shape index (κ1) is 21.2. The van der Waals surface area contributed by atoms with E-state index in [9.17, 15) is 9.59 Å². The van der Waals surface area contributed by atoms with E-state index in [0.717, 1.165) is 22.6 Å². The number of amides is 2. The number of methoxy groups -OCH3 is 1. The molecule has 0 aliphatic heterocycles. The number of likely N-dealkylation sites (N-methyl/N-ethyl adjacent to an activating group) is 1. The molecule has 0 aliphatic carbocycles. The van der Waals surface area contributed by atoms with E-state index in [-0.39, 0.29) is 17.9 Å². The van der Waals surface area contributed by atoms with Crippen molar-refractivity contribution in [1.29, 1.82) is 0 Å². The van der Waals surface area contributed by atoms with Gasteiger partial charge in [-0.3, -0.25) is 9.59 Å². The third kappa shape index (κ3) is 6.55. The molecule has 6 nitrogen and oxygen atoms in total. The summed E-state index contributed by atoms with van der Waals surface area (Å²) in [4.78, 5) is 25.3. The molecule has 0 spiro atoms. The van der Waals surface area contributed by atoms with E-state index in [1.165, 1.54) is 13.0 Å². The van der Waals surface area contributed by atoms with Crippen LogP contribution in [0.4, 0.5) is 5.69 Å². The summed E-state index contributed by atoms with van der Waals surface area (Å²) in [5, 5.41) is 5.65. The summed E-state index contributed by atoms with van der Waals surface area (Å²) in [6.07, 6.45) is 3.25. The van der Waals surface area contributed by atoms with Crippen LogP contribution in [0.3, 0.4) is 0 Å². The van der Waals surface area contributed by atoms with Gasteiger partial charge in [0.2, 0.25) is 11.8 Å². The molecule has 0 saturated carbocycles. The van der Waals surface area contributed by atoms with Gasteiger partial charge >= 0.3 is 0 Å². The fourth-order valence-electron chi connectivity index (χ4n) is 2.73. The van der Waals surface area contributed by atoms with Gasteiger partial charge in [0.25, 0.3) is 0 Å². The number of nitrogens with zero attached hydrogens (tertiary/aromatic N) is 1. The van der Waals surface area contributed by atoms with E-state index in [4.69, 9.17) is 4.74 Å². The Labute approximate surface area is 166 Å². The second-order valence-corrected chi connectivity index (χ2v) is 6.63. The maximum absolute atomic E-state index is 12.2. The second kappa shape index (κ2) is 10.3. The van der Waals surface area contributed by atoms with Crippen LogP contribution < -0.4 is 15.4 Å². The van der Waals surface area contributed by atoms with Gasteiger partial charge in [-0.15, -0.1) is 0 Å². The van der Waals surface area contributed by atoms with Gasteiger partial charge in [-0.1, -0.05) is 24.3 Å². The Hall–Kier alpha value is -3.12. The molecule has 0 aliphatic rings. The SMILES string of the molecule is COc1ccc(C(CNC(=O)/C=C/c2ccc(NC(C)=O)cc2)N(C)C)cc1. The van der Waals surface area contributed by atoms with Crippen molar-refractivity contribution in [2.24, 2.45) is 0 Å². The molecule has 2 N–H and O–H groups in total. The first-order valence-corrected chi connectivity index (χ1v) is 9.03. The number of carbonyl (C=O) groups is 2. The zero-order valence-electron chi connectivity index (χ0n) is 16.7. The lowest BCUT2D eigenvalue weighted by Gasteiger charge is -2.25. The molecular formula is C22H27N3O3.